The van der Waals surface area contributed by atoms with E-state index in [-0.39, 0.29) is 25.2 Å². The van der Waals surface area contributed by atoms with Crippen LogP contribution < -0.4 is 0 Å². The molecule has 0 bridgehead atoms. The summed E-state index contributed by atoms with van der Waals surface area (Å²) in [6, 6.07) is 12.6. The number of nitrogens with zero attached hydrogens (tertiary/aromatic N) is 5. The van der Waals surface area contributed by atoms with Gasteiger partial charge in [-0.15, -0.1) is 0 Å². The van der Waals surface area contributed by atoms with Crippen molar-refractivity contribution in [2.75, 3.05) is 13.1 Å². The van der Waals surface area contributed by atoms with Gasteiger partial charge in [-0.3, -0.25) is 4.90 Å². The molecule has 1 atom stereocenters. The summed E-state index contributed by atoms with van der Waals surface area (Å²) in [6.07, 6.45) is 2.70. The first-order valence-electron chi connectivity index (χ1n) is 8.74. The van der Waals surface area contributed by atoms with Crippen LogP contribution >= 0.6 is 15.9 Å². The molecule has 2 aromatic carbocycles. The topological polar surface area (TPSA) is 78.0 Å². The SMILES string of the molecule is N#CCN(Cc1ccc(Br)cc1)CC(O)(Cn1cncn1)c1ccc(F)cc1F. The van der Waals surface area contributed by atoms with Crippen molar-refractivity contribution in [3.8, 4) is 6.07 Å². The Kier molecular flexibility index (Phi) is 6.69. The quantitative estimate of drug-likeness (QED) is 0.521. The first-order valence-corrected chi connectivity index (χ1v) is 9.53. The van der Waals surface area contributed by atoms with Gasteiger partial charge in [0.2, 0.25) is 0 Å². The van der Waals surface area contributed by atoms with Gasteiger partial charge in [0.15, 0.2) is 0 Å². The van der Waals surface area contributed by atoms with Crippen molar-refractivity contribution in [1.82, 2.24) is 19.7 Å². The van der Waals surface area contributed by atoms with Crippen LogP contribution in [-0.4, -0.2) is 37.9 Å². The molecule has 0 amide bonds. The molecule has 1 unspecified atom stereocenters. The highest BCUT2D eigenvalue weighted by atomic mass is 79.9. The lowest BCUT2D eigenvalue weighted by Crippen LogP contribution is -2.44. The maximum absolute atomic E-state index is 14.5. The van der Waals surface area contributed by atoms with Gasteiger partial charge < -0.3 is 5.11 Å². The third-order valence-corrected chi connectivity index (χ3v) is 4.95. The maximum atomic E-state index is 14.5. The Balaban J connectivity index is 1.92. The van der Waals surface area contributed by atoms with Gasteiger partial charge in [0, 0.05) is 29.2 Å². The number of hydrogen-bond acceptors (Lipinski definition) is 5. The lowest BCUT2D eigenvalue weighted by atomic mass is 9.92. The summed E-state index contributed by atoms with van der Waals surface area (Å²) in [7, 11) is 0. The summed E-state index contributed by atoms with van der Waals surface area (Å²) in [4.78, 5) is 5.54. The average Bonchev–Trinajstić information content (AvgIpc) is 3.16. The van der Waals surface area contributed by atoms with Crippen molar-refractivity contribution in [1.29, 1.82) is 5.26 Å². The number of aromatic nitrogens is 3. The first-order chi connectivity index (χ1) is 13.9. The van der Waals surface area contributed by atoms with Crippen LogP contribution in [0.5, 0.6) is 0 Å². The lowest BCUT2D eigenvalue weighted by Gasteiger charge is -2.34. The monoisotopic (exact) mass is 461 g/mol. The summed E-state index contributed by atoms with van der Waals surface area (Å²) in [6.45, 7) is 0.193. The van der Waals surface area contributed by atoms with Crippen LogP contribution in [0.25, 0.3) is 0 Å². The standard InChI is InChI=1S/C20H18BrF2N5O/c21-16-3-1-15(2-4-16)10-27(8-7-24)11-20(29,12-28-14-25-13-26-28)18-6-5-17(22)9-19(18)23/h1-6,9,13-14,29H,8,10-12H2. The van der Waals surface area contributed by atoms with Crippen molar-refractivity contribution in [2.24, 2.45) is 0 Å². The molecule has 9 heteroatoms. The van der Waals surface area contributed by atoms with E-state index < -0.39 is 17.2 Å². The largest absolute Gasteiger partial charge is 0.382 e. The molecular weight excluding hydrogens is 444 g/mol. The van der Waals surface area contributed by atoms with Gasteiger partial charge >= 0.3 is 0 Å². The smallest absolute Gasteiger partial charge is 0.137 e. The number of nitriles is 1. The van der Waals surface area contributed by atoms with E-state index >= 15 is 0 Å². The van der Waals surface area contributed by atoms with E-state index in [4.69, 9.17) is 0 Å². The molecule has 0 radical (unpaired) electrons. The summed E-state index contributed by atoms with van der Waals surface area (Å²) in [5.74, 6) is -1.61. The van der Waals surface area contributed by atoms with Crippen LogP contribution in [0.1, 0.15) is 11.1 Å². The molecule has 29 heavy (non-hydrogen) atoms. The van der Waals surface area contributed by atoms with E-state index in [2.05, 4.69) is 32.1 Å². The normalized spacial score (nSPS) is 13.2. The molecule has 0 aliphatic rings. The average molecular weight is 462 g/mol. The fourth-order valence-corrected chi connectivity index (χ4v) is 3.42. The highest BCUT2D eigenvalue weighted by Crippen LogP contribution is 2.28. The molecule has 1 N–H and O–H groups in total. The van der Waals surface area contributed by atoms with Gasteiger partial charge in [0.1, 0.15) is 29.9 Å². The Morgan fingerprint density at radius 1 is 1.21 bits per heavy atom. The summed E-state index contributed by atoms with van der Waals surface area (Å²) >= 11 is 3.37. The molecule has 0 aliphatic carbocycles. The highest BCUT2D eigenvalue weighted by molar-refractivity contribution is 9.10. The van der Waals surface area contributed by atoms with Crippen LogP contribution in [0, 0.1) is 23.0 Å². The van der Waals surface area contributed by atoms with Crippen molar-refractivity contribution in [3.05, 3.63) is 82.4 Å². The number of halogens is 3. The number of hydrogen-bond donors (Lipinski definition) is 1. The van der Waals surface area contributed by atoms with E-state index in [1.807, 2.05) is 24.3 Å². The second-order valence-corrected chi connectivity index (χ2v) is 7.59. The zero-order valence-electron chi connectivity index (χ0n) is 15.3. The second kappa shape index (κ2) is 9.22. The number of aliphatic hydroxyl groups is 1. The first kappa shape index (κ1) is 21.0. The summed E-state index contributed by atoms with van der Waals surface area (Å²) in [5, 5.41) is 24.7. The van der Waals surface area contributed by atoms with Crippen LogP contribution in [0.3, 0.4) is 0 Å². The van der Waals surface area contributed by atoms with Gasteiger partial charge in [-0.2, -0.15) is 10.4 Å². The van der Waals surface area contributed by atoms with E-state index in [0.717, 1.165) is 22.2 Å². The second-order valence-electron chi connectivity index (χ2n) is 6.68. The van der Waals surface area contributed by atoms with Crippen molar-refractivity contribution in [2.45, 2.75) is 18.7 Å². The van der Waals surface area contributed by atoms with E-state index in [0.29, 0.717) is 6.54 Å². The van der Waals surface area contributed by atoms with Crippen molar-refractivity contribution >= 4 is 15.9 Å². The fraction of sp³-hybridized carbons (Fsp3) is 0.250. The van der Waals surface area contributed by atoms with E-state index in [9.17, 15) is 19.1 Å². The summed E-state index contributed by atoms with van der Waals surface area (Å²) in [5.41, 5.74) is -0.920. The Morgan fingerprint density at radius 2 is 1.97 bits per heavy atom. The lowest BCUT2D eigenvalue weighted by molar-refractivity contribution is -0.0206. The molecule has 0 saturated heterocycles. The number of rotatable bonds is 8. The van der Waals surface area contributed by atoms with E-state index in [1.54, 1.807) is 4.90 Å². The molecule has 0 aliphatic heterocycles. The molecule has 1 aromatic heterocycles. The molecule has 3 rings (SSSR count). The van der Waals surface area contributed by atoms with E-state index in [1.165, 1.54) is 23.4 Å². The molecule has 0 saturated carbocycles. The molecule has 150 valence electrons. The molecular formula is C20H18BrF2N5O. The Bertz CT molecular complexity index is 991. The van der Waals surface area contributed by atoms with Crippen molar-refractivity contribution < 1.29 is 13.9 Å². The minimum Gasteiger partial charge on any atom is -0.382 e. The Labute approximate surface area is 175 Å². The minimum absolute atomic E-state index is 0.0124. The van der Waals surface area contributed by atoms with Crippen LogP contribution in [0.2, 0.25) is 0 Å². The maximum Gasteiger partial charge on any atom is 0.137 e. The molecule has 0 fully saturated rings. The Hall–Kier alpha value is -2.67. The molecule has 6 nitrogen and oxygen atoms in total. The van der Waals surface area contributed by atoms with Crippen LogP contribution in [0.4, 0.5) is 8.78 Å². The fourth-order valence-electron chi connectivity index (χ4n) is 3.16. The molecule has 1 heterocycles. The predicted octanol–water partition coefficient (Wildman–Crippen LogP) is 3.23. The molecule has 0 spiro atoms. The van der Waals surface area contributed by atoms with Gasteiger partial charge in [0.05, 0.1) is 19.2 Å². The zero-order valence-corrected chi connectivity index (χ0v) is 16.9. The zero-order chi connectivity index (χ0) is 20.9. The van der Waals surface area contributed by atoms with Gasteiger partial charge in [-0.1, -0.05) is 34.1 Å². The van der Waals surface area contributed by atoms with Crippen molar-refractivity contribution in [3.63, 3.8) is 0 Å². The number of benzene rings is 2. The predicted molar refractivity (Wildman–Crippen MR) is 105 cm³/mol. The third kappa shape index (κ3) is 5.44. The third-order valence-electron chi connectivity index (χ3n) is 4.42. The highest BCUT2D eigenvalue weighted by Gasteiger charge is 2.35. The molecule has 3 aromatic rings. The van der Waals surface area contributed by atoms with Crippen LogP contribution in [-0.2, 0) is 18.7 Å². The van der Waals surface area contributed by atoms with Gasteiger partial charge in [-0.25, -0.2) is 18.4 Å². The minimum atomic E-state index is -1.77. The van der Waals surface area contributed by atoms with Gasteiger partial charge in [0.25, 0.3) is 0 Å². The van der Waals surface area contributed by atoms with Gasteiger partial charge in [-0.05, 0) is 23.8 Å². The summed E-state index contributed by atoms with van der Waals surface area (Å²) < 4.78 is 30.2. The van der Waals surface area contributed by atoms with Crippen LogP contribution in [0.15, 0.2) is 59.6 Å². The Morgan fingerprint density at radius 3 is 2.59 bits per heavy atom.